The summed E-state index contributed by atoms with van der Waals surface area (Å²) in [6.07, 6.45) is -2.63. The number of benzene rings is 7. The van der Waals surface area contributed by atoms with Gasteiger partial charge in [-0.05, 0) is 61.4 Å². The van der Waals surface area contributed by atoms with E-state index in [4.69, 9.17) is 33.2 Å². The second-order valence-corrected chi connectivity index (χ2v) is 15.4. The van der Waals surface area contributed by atoms with Crippen molar-refractivity contribution < 1.29 is 38.0 Å². The Hall–Kier alpha value is -6.55. The molecule has 9 heteroatoms. The number of ether oxygens (including phenoxy) is 7. The van der Waals surface area contributed by atoms with Crippen LogP contribution in [-0.2, 0) is 47.3 Å². The lowest BCUT2D eigenvalue weighted by molar-refractivity contribution is -0.169. The molecule has 8 rings (SSSR count). The fraction of sp³-hybridized carbons (Fsp3) is 0.173. The van der Waals surface area contributed by atoms with Crippen molar-refractivity contribution in [1.29, 1.82) is 0 Å². The summed E-state index contributed by atoms with van der Waals surface area (Å²) in [5.41, 5.74) is 6.14. The maximum atomic E-state index is 13.2. The third kappa shape index (κ3) is 10.6. The van der Waals surface area contributed by atoms with Crippen molar-refractivity contribution in [2.75, 3.05) is 0 Å². The molecule has 3 atom stereocenters. The van der Waals surface area contributed by atoms with Gasteiger partial charge in [0.1, 0.15) is 54.3 Å². The van der Waals surface area contributed by atoms with Crippen LogP contribution in [0.15, 0.2) is 180 Å². The number of halogens is 1. The SMILES string of the molecule is CC(=O)O[C@H]1c2c(OCc3ccccc3)cc(OCc3ccccc3)c(Br)c2O[C@H](c2ccc(OCc3ccccc3)c(OCc3ccccc3)c2)[C@H]1OCc1ccccc1. The third-order valence-electron chi connectivity index (χ3n) is 10.1. The molecule has 0 saturated heterocycles. The van der Waals surface area contributed by atoms with Gasteiger partial charge in [-0.15, -0.1) is 0 Å². The standard InChI is InChI=1S/C52H45BrO8/c1-36(54)60-51-47-45(57-33-39-21-11-4-12-22-39)30-46(58-34-40-23-13-5-14-24-40)48(53)50(47)61-49(52(51)59-35-41-25-15-6-16-26-41)42-27-28-43(55-31-37-17-7-2-8-18-37)44(29-42)56-32-38-19-9-3-10-20-38/h2-30,49,51-52H,31-35H2,1H3/t49-,51+,52-/m1/s1. The van der Waals surface area contributed by atoms with Gasteiger partial charge in [0.2, 0.25) is 0 Å². The lowest BCUT2D eigenvalue weighted by Gasteiger charge is -2.40. The summed E-state index contributed by atoms with van der Waals surface area (Å²) in [6.45, 7) is 2.79. The lowest BCUT2D eigenvalue weighted by atomic mass is 9.90. The number of fused-ring (bicyclic) bond motifs is 1. The summed E-state index contributed by atoms with van der Waals surface area (Å²) in [4.78, 5) is 13.2. The van der Waals surface area contributed by atoms with Gasteiger partial charge in [-0.3, -0.25) is 4.79 Å². The van der Waals surface area contributed by atoms with Crippen molar-refractivity contribution in [3.05, 3.63) is 219 Å². The Morgan fingerprint density at radius 3 is 1.41 bits per heavy atom. The van der Waals surface area contributed by atoms with E-state index in [2.05, 4.69) is 15.9 Å². The summed E-state index contributed by atoms with van der Waals surface area (Å²) in [7, 11) is 0. The molecule has 1 aliphatic heterocycles. The van der Waals surface area contributed by atoms with E-state index >= 15 is 0 Å². The molecule has 0 aliphatic carbocycles. The molecule has 0 saturated carbocycles. The summed E-state index contributed by atoms with van der Waals surface area (Å²) in [5, 5.41) is 0. The van der Waals surface area contributed by atoms with Gasteiger partial charge in [0.05, 0.1) is 12.2 Å². The molecule has 0 amide bonds. The Labute approximate surface area is 364 Å². The number of carbonyl (C=O) groups excluding carboxylic acids is 1. The fourth-order valence-corrected chi connectivity index (χ4v) is 7.64. The van der Waals surface area contributed by atoms with Gasteiger partial charge in [-0.1, -0.05) is 158 Å². The normalized spacial score (nSPS) is 15.5. The van der Waals surface area contributed by atoms with Crippen LogP contribution in [0.25, 0.3) is 0 Å². The minimum atomic E-state index is -0.970. The predicted octanol–water partition coefficient (Wildman–Crippen LogP) is 12.1. The molecule has 0 radical (unpaired) electrons. The first-order chi connectivity index (χ1) is 30.0. The van der Waals surface area contributed by atoms with E-state index in [-0.39, 0.29) is 13.2 Å². The van der Waals surface area contributed by atoms with Crippen molar-refractivity contribution in [2.24, 2.45) is 0 Å². The van der Waals surface area contributed by atoms with E-state index < -0.39 is 24.3 Å². The van der Waals surface area contributed by atoms with Crippen molar-refractivity contribution in [1.82, 2.24) is 0 Å². The summed E-state index contributed by atoms with van der Waals surface area (Å²) in [5.74, 6) is 1.92. The van der Waals surface area contributed by atoms with Crippen LogP contribution in [0.2, 0.25) is 0 Å². The topological polar surface area (TPSA) is 81.7 Å². The van der Waals surface area contributed by atoms with Gasteiger partial charge < -0.3 is 33.2 Å². The molecule has 0 N–H and O–H groups in total. The van der Waals surface area contributed by atoms with Crippen molar-refractivity contribution in [3.8, 4) is 28.7 Å². The number of hydrogen-bond acceptors (Lipinski definition) is 8. The summed E-state index contributed by atoms with van der Waals surface area (Å²) in [6, 6.07) is 57.1. The van der Waals surface area contributed by atoms with Gasteiger partial charge in [0.15, 0.2) is 23.7 Å². The monoisotopic (exact) mass is 876 g/mol. The molecule has 0 unspecified atom stereocenters. The smallest absolute Gasteiger partial charge is 0.303 e. The van der Waals surface area contributed by atoms with Crippen LogP contribution in [-0.4, -0.2) is 12.1 Å². The van der Waals surface area contributed by atoms with E-state index in [0.29, 0.717) is 64.2 Å². The maximum Gasteiger partial charge on any atom is 0.303 e. The molecule has 0 bridgehead atoms. The van der Waals surface area contributed by atoms with E-state index in [9.17, 15) is 4.79 Å². The minimum Gasteiger partial charge on any atom is -0.488 e. The maximum absolute atomic E-state index is 13.2. The highest BCUT2D eigenvalue weighted by atomic mass is 79.9. The molecule has 61 heavy (non-hydrogen) atoms. The third-order valence-corrected chi connectivity index (χ3v) is 10.9. The lowest BCUT2D eigenvalue weighted by Crippen LogP contribution is -2.39. The Kier molecular flexibility index (Phi) is 13.6. The van der Waals surface area contributed by atoms with Gasteiger partial charge in [-0.25, -0.2) is 0 Å². The minimum absolute atomic E-state index is 0.216. The Morgan fingerprint density at radius 1 is 0.508 bits per heavy atom. The summed E-state index contributed by atoms with van der Waals surface area (Å²) >= 11 is 3.85. The molecule has 0 spiro atoms. The van der Waals surface area contributed by atoms with Crippen LogP contribution in [0.1, 0.15) is 58.1 Å². The first-order valence-electron chi connectivity index (χ1n) is 20.1. The van der Waals surface area contributed by atoms with E-state index in [1.165, 1.54) is 6.92 Å². The van der Waals surface area contributed by atoms with Crippen LogP contribution < -0.4 is 23.7 Å². The quantitative estimate of drug-likeness (QED) is 0.0837. The van der Waals surface area contributed by atoms with Crippen LogP contribution in [0.4, 0.5) is 0 Å². The Morgan fingerprint density at radius 2 is 0.934 bits per heavy atom. The number of carbonyl (C=O) groups is 1. The zero-order chi connectivity index (χ0) is 41.8. The molecule has 0 aromatic heterocycles. The van der Waals surface area contributed by atoms with Crippen LogP contribution >= 0.6 is 15.9 Å². The average Bonchev–Trinajstić information content (AvgIpc) is 3.30. The van der Waals surface area contributed by atoms with E-state index in [1.807, 2.05) is 176 Å². The van der Waals surface area contributed by atoms with Crippen LogP contribution in [0.3, 0.4) is 0 Å². The van der Waals surface area contributed by atoms with Gasteiger partial charge in [0, 0.05) is 13.0 Å². The van der Waals surface area contributed by atoms with Crippen molar-refractivity contribution in [2.45, 2.75) is 58.3 Å². The molecular weight excluding hydrogens is 832 g/mol. The average molecular weight is 878 g/mol. The first-order valence-corrected chi connectivity index (χ1v) is 20.9. The molecule has 7 aromatic rings. The molecule has 1 heterocycles. The first kappa shape index (κ1) is 41.2. The second-order valence-electron chi connectivity index (χ2n) is 14.6. The molecule has 0 fully saturated rings. The Bertz CT molecular complexity index is 2490. The second kappa shape index (κ2) is 20.1. The van der Waals surface area contributed by atoms with Gasteiger partial charge >= 0.3 is 5.97 Å². The highest BCUT2D eigenvalue weighted by Gasteiger charge is 2.46. The molecule has 8 nitrogen and oxygen atoms in total. The molecule has 7 aromatic carbocycles. The highest BCUT2D eigenvalue weighted by molar-refractivity contribution is 9.10. The molecular formula is C52H45BrO8. The predicted molar refractivity (Wildman–Crippen MR) is 237 cm³/mol. The fourth-order valence-electron chi connectivity index (χ4n) is 7.11. The number of esters is 1. The number of hydrogen-bond donors (Lipinski definition) is 0. The van der Waals surface area contributed by atoms with Crippen LogP contribution in [0, 0.1) is 0 Å². The van der Waals surface area contributed by atoms with Crippen LogP contribution in [0.5, 0.6) is 28.7 Å². The van der Waals surface area contributed by atoms with Gasteiger partial charge in [-0.2, -0.15) is 0 Å². The highest BCUT2D eigenvalue weighted by Crippen LogP contribution is 2.55. The largest absolute Gasteiger partial charge is 0.488 e. The van der Waals surface area contributed by atoms with Crippen molar-refractivity contribution >= 4 is 21.9 Å². The molecule has 308 valence electrons. The summed E-state index contributed by atoms with van der Waals surface area (Å²) < 4.78 is 46.8. The Balaban J connectivity index is 1.23. The number of rotatable bonds is 17. The zero-order valence-electron chi connectivity index (χ0n) is 33.7. The van der Waals surface area contributed by atoms with Gasteiger partial charge in [0.25, 0.3) is 0 Å². The van der Waals surface area contributed by atoms with E-state index in [0.717, 1.165) is 27.8 Å². The van der Waals surface area contributed by atoms with E-state index in [1.54, 1.807) is 0 Å². The van der Waals surface area contributed by atoms with Crippen molar-refractivity contribution in [3.63, 3.8) is 0 Å². The zero-order valence-corrected chi connectivity index (χ0v) is 35.2. The molecule has 1 aliphatic rings.